The molecule has 0 saturated carbocycles. The Hall–Kier alpha value is -1.76. The minimum atomic E-state index is 0.0785. The van der Waals surface area contributed by atoms with Crippen LogP contribution in [0.4, 0.5) is 5.69 Å². The number of piperidine rings is 1. The maximum Gasteiger partial charge on any atom is 0.228 e. The van der Waals surface area contributed by atoms with Crippen LogP contribution >= 0.6 is 11.3 Å². The van der Waals surface area contributed by atoms with Gasteiger partial charge in [-0.05, 0) is 44.1 Å². The third-order valence-corrected chi connectivity index (χ3v) is 4.87. The summed E-state index contributed by atoms with van der Waals surface area (Å²) in [6.07, 6.45) is 2.04. The van der Waals surface area contributed by atoms with Gasteiger partial charge in [0.05, 0.1) is 17.1 Å². The molecule has 6 heteroatoms. The number of thiazole rings is 1. The molecule has 1 aliphatic heterocycles. The number of aromatic nitrogens is 1. The molecule has 2 heterocycles. The number of hydrogen-bond acceptors (Lipinski definition) is 5. The Morgan fingerprint density at radius 1 is 1.46 bits per heavy atom. The van der Waals surface area contributed by atoms with Gasteiger partial charge in [-0.3, -0.25) is 9.69 Å². The molecule has 1 aliphatic rings. The lowest BCUT2D eigenvalue weighted by Gasteiger charge is -2.22. The Labute approximate surface area is 147 Å². The Balaban J connectivity index is 1.56. The van der Waals surface area contributed by atoms with Crippen LogP contribution in [0, 0.1) is 5.92 Å². The molecular weight excluding hydrogens is 320 g/mol. The number of rotatable bonds is 6. The average molecular weight is 344 g/mol. The molecule has 1 atom stereocenters. The highest BCUT2D eigenvalue weighted by Gasteiger charge is 2.20. The molecule has 1 unspecified atom stereocenters. The minimum Gasteiger partial charge on any atom is -0.326 e. The van der Waals surface area contributed by atoms with Crippen LogP contribution in [0.1, 0.15) is 24.1 Å². The third kappa shape index (κ3) is 4.87. The van der Waals surface area contributed by atoms with Crippen molar-refractivity contribution in [1.82, 2.24) is 15.2 Å². The van der Waals surface area contributed by atoms with Crippen LogP contribution in [0.15, 0.2) is 35.2 Å². The topological polar surface area (TPSA) is 57.3 Å². The van der Waals surface area contributed by atoms with Crippen LogP contribution in [-0.2, 0) is 17.9 Å². The number of nitrogens with zero attached hydrogens (tertiary/aromatic N) is 2. The van der Waals surface area contributed by atoms with E-state index in [1.165, 1.54) is 5.56 Å². The number of nitrogens with one attached hydrogen (secondary N) is 2. The van der Waals surface area contributed by atoms with Crippen molar-refractivity contribution < 1.29 is 4.79 Å². The second-order valence-corrected chi connectivity index (χ2v) is 7.10. The van der Waals surface area contributed by atoms with E-state index < -0.39 is 0 Å². The second-order valence-electron chi connectivity index (χ2n) is 6.38. The standard InChI is InChI=1S/C18H24N4OS/c1-22(11-17-12-24-13-20-17)10-14-4-2-6-16(8-14)21-18(23)15-5-3-7-19-9-15/h2,4,6,8,12-13,15,19H,3,5,7,9-11H2,1H3,(H,21,23). The normalized spacial score (nSPS) is 17.8. The first-order chi connectivity index (χ1) is 11.7. The number of hydrogen-bond donors (Lipinski definition) is 2. The molecule has 0 aliphatic carbocycles. The Kier molecular flexibility index (Phi) is 5.96. The molecule has 24 heavy (non-hydrogen) atoms. The van der Waals surface area contributed by atoms with Crippen molar-refractivity contribution in [1.29, 1.82) is 0 Å². The summed E-state index contributed by atoms with van der Waals surface area (Å²) >= 11 is 1.62. The van der Waals surface area contributed by atoms with E-state index in [0.717, 1.165) is 50.4 Å². The SMILES string of the molecule is CN(Cc1cccc(NC(=O)C2CCCNC2)c1)Cc1cscn1. The van der Waals surface area contributed by atoms with Crippen molar-refractivity contribution in [3.05, 3.63) is 46.4 Å². The van der Waals surface area contributed by atoms with Crippen molar-refractivity contribution in [3.8, 4) is 0 Å². The Bertz CT molecular complexity index is 653. The van der Waals surface area contributed by atoms with Gasteiger partial charge in [0.1, 0.15) is 0 Å². The lowest BCUT2D eigenvalue weighted by molar-refractivity contribution is -0.120. The number of anilines is 1. The predicted molar refractivity (Wildman–Crippen MR) is 98.0 cm³/mol. The maximum absolute atomic E-state index is 12.3. The zero-order valence-corrected chi connectivity index (χ0v) is 14.8. The molecule has 2 aromatic rings. The monoisotopic (exact) mass is 344 g/mol. The first-order valence-electron chi connectivity index (χ1n) is 8.37. The molecule has 0 bridgehead atoms. The molecule has 1 fully saturated rings. The first-order valence-corrected chi connectivity index (χ1v) is 9.31. The number of benzene rings is 1. The van der Waals surface area contributed by atoms with E-state index in [2.05, 4.69) is 45.1 Å². The summed E-state index contributed by atoms with van der Waals surface area (Å²) in [6.45, 7) is 3.45. The third-order valence-electron chi connectivity index (χ3n) is 4.23. The quantitative estimate of drug-likeness (QED) is 0.846. The highest BCUT2D eigenvalue weighted by atomic mass is 32.1. The lowest BCUT2D eigenvalue weighted by Crippen LogP contribution is -2.37. The fraction of sp³-hybridized carbons (Fsp3) is 0.444. The highest BCUT2D eigenvalue weighted by Crippen LogP contribution is 2.17. The molecule has 3 rings (SSSR count). The van der Waals surface area contributed by atoms with Gasteiger partial charge in [-0.25, -0.2) is 4.98 Å². The van der Waals surface area contributed by atoms with Crippen molar-refractivity contribution in [2.45, 2.75) is 25.9 Å². The van der Waals surface area contributed by atoms with Gasteiger partial charge in [-0.15, -0.1) is 11.3 Å². The largest absolute Gasteiger partial charge is 0.326 e. The first kappa shape index (κ1) is 17.1. The van der Waals surface area contributed by atoms with Crippen molar-refractivity contribution >= 4 is 22.9 Å². The van der Waals surface area contributed by atoms with Crippen molar-refractivity contribution in [2.75, 3.05) is 25.5 Å². The van der Waals surface area contributed by atoms with Crippen LogP contribution < -0.4 is 10.6 Å². The molecule has 0 spiro atoms. The molecule has 1 amide bonds. The maximum atomic E-state index is 12.3. The van der Waals surface area contributed by atoms with Gasteiger partial charge in [0.15, 0.2) is 0 Å². The summed E-state index contributed by atoms with van der Waals surface area (Å²) in [6, 6.07) is 8.11. The zero-order chi connectivity index (χ0) is 16.8. The fourth-order valence-electron chi connectivity index (χ4n) is 3.03. The number of carbonyl (C=O) groups is 1. The fourth-order valence-corrected chi connectivity index (χ4v) is 3.58. The van der Waals surface area contributed by atoms with Gasteiger partial charge in [-0.1, -0.05) is 12.1 Å². The minimum absolute atomic E-state index is 0.0785. The van der Waals surface area contributed by atoms with E-state index in [9.17, 15) is 4.79 Å². The van der Waals surface area contributed by atoms with E-state index in [1.807, 2.05) is 17.6 Å². The van der Waals surface area contributed by atoms with Crippen molar-refractivity contribution in [3.63, 3.8) is 0 Å². The summed E-state index contributed by atoms with van der Waals surface area (Å²) in [4.78, 5) is 18.9. The number of amides is 1. The number of carbonyl (C=O) groups excluding carboxylic acids is 1. The van der Waals surface area contributed by atoms with E-state index >= 15 is 0 Å². The molecule has 2 N–H and O–H groups in total. The van der Waals surface area contributed by atoms with E-state index in [4.69, 9.17) is 0 Å². The molecule has 0 radical (unpaired) electrons. The molecule has 1 aromatic heterocycles. The van der Waals surface area contributed by atoms with E-state index in [1.54, 1.807) is 11.3 Å². The van der Waals surface area contributed by atoms with E-state index in [-0.39, 0.29) is 11.8 Å². The van der Waals surface area contributed by atoms with Crippen LogP contribution in [-0.4, -0.2) is 35.9 Å². The lowest BCUT2D eigenvalue weighted by atomic mass is 9.99. The van der Waals surface area contributed by atoms with E-state index in [0.29, 0.717) is 0 Å². The van der Waals surface area contributed by atoms with Crippen LogP contribution in [0.5, 0.6) is 0 Å². The van der Waals surface area contributed by atoms with Crippen LogP contribution in [0.2, 0.25) is 0 Å². The molecule has 128 valence electrons. The van der Waals surface area contributed by atoms with Gasteiger partial charge >= 0.3 is 0 Å². The predicted octanol–water partition coefficient (Wildman–Crippen LogP) is 2.71. The van der Waals surface area contributed by atoms with Gasteiger partial charge in [0.2, 0.25) is 5.91 Å². The highest BCUT2D eigenvalue weighted by molar-refractivity contribution is 7.07. The summed E-state index contributed by atoms with van der Waals surface area (Å²) in [5, 5.41) is 8.42. The molecule has 1 aromatic carbocycles. The summed E-state index contributed by atoms with van der Waals surface area (Å²) < 4.78 is 0. The molecule has 5 nitrogen and oxygen atoms in total. The summed E-state index contributed by atoms with van der Waals surface area (Å²) in [7, 11) is 2.08. The molecule has 1 saturated heterocycles. The Morgan fingerprint density at radius 3 is 3.12 bits per heavy atom. The van der Waals surface area contributed by atoms with Gasteiger partial charge in [0, 0.05) is 30.7 Å². The van der Waals surface area contributed by atoms with Crippen LogP contribution in [0.3, 0.4) is 0 Å². The average Bonchev–Trinajstić information content (AvgIpc) is 3.08. The Morgan fingerprint density at radius 2 is 2.38 bits per heavy atom. The van der Waals surface area contributed by atoms with Gasteiger partial charge in [-0.2, -0.15) is 0 Å². The summed E-state index contributed by atoms with van der Waals surface area (Å²) in [5.41, 5.74) is 5.02. The van der Waals surface area contributed by atoms with Gasteiger partial charge in [0.25, 0.3) is 0 Å². The molecular formula is C18H24N4OS. The smallest absolute Gasteiger partial charge is 0.228 e. The summed E-state index contributed by atoms with van der Waals surface area (Å²) in [5.74, 6) is 0.199. The van der Waals surface area contributed by atoms with Crippen LogP contribution in [0.25, 0.3) is 0 Å². The second kappa shape index (κ2) is 8.37. The van der Waals surface area contributed by atoms with Gasteiger partial charge < -0.3 is 10.6 Å². The van der Waals surface area contributed by atoms with Crippen molar-refractivity contribution in [2.24, 2.45) is 5.92 Å². The zero-order valence-electron chi connectivity index (χ0n) is 14.0.